The van der Waals surface area contributed by atoms with Gasteiger partial charge in [-0.25, -0.2) is 14.2 Å². The highest BCUT2D eigenvalue weighted by Gasteiger charge is 2.24. The Morgan fingerprint density at radius 2 is 1.70 bits per heavy atom. The first-order valence-corrected chi connectivity index (χ1v) is 11.9. The van der Waals surface area contributed by atoms with Crippen LogP contribution in [-0.4, -0.2) is 68.7 Å². The van der Waals surface area contributed by atoms with Crippen LogP contribution in [0.15, 0.2) is 29.1 Å². The molecule has 186 valence electrons. The van der Waals surface area contributed by atoms with Crippen LogP contribution < -0.4 is 11.0 Å². The smallest absolute Gasteiger partial charge is 0.337 e. The number of hydrogen-bond acceptors (Lipinski definition) is 5. The number of piperidine rings is 1. The highest BCUT2D eigenvalue weighted by molar-refractivity contribution is 5.89. The third kappa shape index (κ3) is 6.82. The van der Waals surface area contributed by atoms with Gasteiger partial charge in [0.05, 0.1) is 23.2 Å². The zero-order valence-corrected chi connectivity index (χ0v) is 20.8. The summed E-state index contributed by atoms with van der Waals surface area (Å²) in [6.45, 7) is 8.73. The fourth-order valence-electron chi connectivity index (χ4n) is 4.53. The first-order chi connectivity index (χ1) is 15.3. The van der Waals surface area contributed by atoms with E-state index in [4.69, 9.17) is 0 Å². The number of para-hydroxylation sites is 2. The van der Waals surface area contributed by atoms with Gasteiger partial charge >= 0.3 is 11.7 Å². The molecule has 1 amide bonds. The van der Waals surface area contributed by atoms with Crippen molar-refractivity contribution in [2.45, 2.75) is 71.1 Å². The molecule has 1 aromatic heterocycles. The average Bonchev–Trinajstić information content (AvgIpc) is 3.08. The minimum Gasteiger partial charge on any atom is -0.393 e. The summed E-state index contributed by atoms with van der Waals surface area (Å²) in [4.78, 5) is 28.0. The van der Waals surface area contributed by atoms with Gasteiger partial charge in [-0.05, 0) is 77.1 Å². The van der Waals surface area contributed by atoms with Crippen LogP contribution >= 0.6 is 12.4 Å². The lowest BCUT2D eigenvalue weighted by atomic mass is 9.96. The van der Waals surface area contributed by atoms with Crippen molar-refractivity contribution in [3.05, 3.63) is 34.7 Å². The van der Waals surface area contributed by atoms with Crippen molar-refractivity contribution in [1.29, 1.82) is 0 Å². The van der Waals surface area contributed by atoms with E-state index in [0.29, 0.717) is 43.8 Å². The number of aliphatic hydroxyl groups excluding tert-OH is 2. The van der Waals surface area contributed by atoms with E-state index in [-0.39, 0.29) is 36.3 Å². The lowest BCUT2D eigenvalue weighted by molar-refractivity contribution is 0.0673. The number of nitrogens with one attached hydrogen (secondary N) is 1. The van der Waals surface area contributed by atoms with Crippen molar-refractivity contribution in [2.24, 2.45) is 5.92 Å². The molecule has 3 N–H and O–H groups in total. The predicted octanol–water partition coefficient (Wildman–Crippen LogP) is 2.99. The van der Waals surface area contributed by atoms with Gasteiger partial charge in [-0.2, -0.15) is 0 Å². The van der Waals surface area contributed by atoms with E-state index in [1.165, 1.54) is 4.57 Å². The average molecular weight is 483 g/mol. The molecule has 2 heterocycles. The van der Waals surface area contributed by atoms with E-state index >= 15 is 0 Å². The van der Waals surface area contributed by atoms with Crippen LogP contribution in [-0.2, 0) is 0 Å². The van der Waals surface area contributed by atoms with E-state index < -0.39 is 6.10 Å². The molecule has 1 aliphatic heterocycles. The number of likely N-dealkylation sites (tertiary alicyclic amines) is 1. The maximum absolute atomic E-state index is 12.9. The van der Waals surface area contributed by atoms with Crippen molar-refractivity contribution in [1.82, 2.24) is 19.4 Å². The molecule has 1 fully saturated rings. The Bertz CT molecular complexity index is 950. The number of carbonyl (C=O) groups excluding carboxylic acids is 1. The minimum atomic E-state index is -0.419. The van der Waals surface area contributed by atoms with Crippen LogP contribution in [0.3, 0.4) is 0 Å². The highest BCUT2D eigenvalue weighted by Crippen LogP contribution is 2.19. The molecule has 8 nitrogen and oxygen atoms in total. The number of β-amino-alcohol motifs (C(OH)–C–C–N with tert-alkyl or cyclic N) is 1. The number of aliphatic hydroxyl groups is 2. The first kappa shape index (κ1) is 27.4. The lowest BCUT2D eigenvalue weighted by Crippen LogP contribution is -2.43. The predicted molar refractivity (Wildman–Crippen MR) is 133 cm³/mol. The Morgan fingerprint density at radius 3 is 2.30 bits per heavy atom. The molecule has 1 aliphatic rings. The van der Waals surface area contributed by atoms with Gasteiger partial charge in [0, 0.05) is 19.1 Å². The number of imidazole rings is 1. The third-order valence-corrected chi connectivity index (χ3v) is 6.52. The molecular weight excluding hydrogens is 444 g/mol. The summed E-state index contributed by atoms with van der Waals surface area (Å²) in [5.74, 6) is 0.350. The number of carbonyl (C=O) groups is 1. The maximum atomic E-state index is 12.9. The van der Waals surface area contributed by atoms with Gasteiger partial charge in [0.1, 0.15) is 0 Å². The molecule has 2 aromatic rings. The molecule has 1 saturated heterocycles. The van der Waals surface area contributed by atoms with Crippen molar-refractivity contribution in [3.63, 3.8) is 0 Å². The molecule has 0 radical (unpaired) electrons. The van der Waals surface area contributed by atoms with Crippen LogP contribution in [0.25, 0.3) is 11.0 Å². The maximum Gasteiger partial charge on any atom is 0.337 e. The summed E-state index contributed by atoms with van der Waals surface area (Å²) < 4.78 is 2.89. The van der Waals surface area contributed by atoms with Crippen molar-refractivity contribution in [3.8, 4) is 0 Å². The largest absolute Gasteiger partial charge is 0.393 e. The second-order valence-electron chi connectivity index (χ2n) is 9.29. The van der Waals surface area contributed by atoms with Crippen LogP contribution in [0.5, 0.6) is 0 Å². The Hall–Kier alpha value is -1.87. The zero-order chi connectivity index (χ0) is 23.3. The van der Waals surface area contributed by atoms with E-state index in [2.05, 4.69) is 10.2 Å². The van der Waals surface area contributed by atoms with Gasteiger partial charge in [0.2, 0.25) is 0 Å². The van der Waals surface area contributed by atoms with Gasteiger partial charge in [0.15, 0.2) is 0 Å². The Labute approximate surface area is 202 Å². The molecule has 2 atom stereocenters. The van der Waals surface area contributed by atoms with Gasteiger partial charge in [-0.1, -0.05) is 19.1 Å². The molecule has 2 unspecified atom stereocenters. The fraction of sp³-hybridized carbons (Fsp3) is 0.667. The van der Waals surface area contributed by atoms with E-state index in [0.717, 1.165) is 31.4 Å². The van der Waals surface area contributed by atoms with Crippen LogP contribution in [0.4, 0.5) is 4.79 Å². The summed E-state index contributed by atoms with van der Waals surface area (Å²) >= 11 is 0. The first-order valence-electron chi connectivity index (χ1n) is 11.9. The van der Waals surface area contributed by atoms with E-state index in [1.807, 2.05) is 39.0 Å². The topological polar surface area (TPSA) is 99.7 Å². The van der Waals surface area contributed by atoms with Gasteiger partial charge < -0.3 is 20.4 Å². The molecule has 1 aromatic carbocycles. The molecule has 9 heteroatoms. The minimum absolute atomic E-state index is 0. The quantitative estimate of drug-likeness (QED) is 0.510. The molecule has 33 heavy (non-hydrogen) atoms. The standard InChI is InChI=1S/C24H38N4O4.ClH/c1-4-19(29)9-10-20(30)16-26-13-11-18(12-14-26)15-25-23(31)28-22-8-6-5-7-21(22)27(17(2)3)24(28)32;/h5-8,17-20,29-30H,4,9-16H2,1-3H3,(H,25,31);1H. The summed E-state index contributed by atoms with van der Waals surface area (Å²) in [7, 11) is 0. The number of halogens is 1. The van der Waals surface area contributed by atoms with Crippen LogP contribution in [0, 0.1) is 5.92 Å². The highest BCUT2D eigenvalue weighted by atomic mass is 35.5. The summed E-state index contributed by atoms with van der Waals surface area (Å²) in [6, 6.07) is 6.97. The van der Waals surface area contributed by atoms with Crippen LogP contribution in [0.2, 0.25) is 0 Å². The molecule has 0 bridgehead atoms. The van der Waals surface area contributed by atoms with E-state index in [9.17, 15) is 19.8 Å². The molecular formula is C24H39ClN4O4. The summed E-state index contributed by atoms with van der Waals surface area (Å²) in [5.41, 5.74) is 1.08. The van der Waals surface area contributed by atoms with Crippen molar-refractivity contribution in [2.75, 3.05) is 26.2 Å². The van der Waals surface area contributed by atoms with E-state index in [1.54, 1.807) is 10.6 Å². The Kier molecular flexibility index (Phi) is 10.4. The normalized spacial score (nSPS) is 17.2. The third-order valence-electron chi connectivity index (χ3n) is 6.52. The van der Waals surface area contributed by atoms with Gasteiger partial charge in [-0.15, -0.1) is 12.4 Å². The fourth-order valence-corrected chi connectivity index (χ4v) is 4.53. The lowest BCUT2D eigenvalue weighted by Gasteiger charge is -2.33. The zero-order valence-electron chi connectivity index (χ0n) is 19.9. The number of fused-ring (bicyclic) bond motifs is 1. The number of benzene rings is 1. The second-order valence-corrected chi connectivity index (χ2v) is 9.29. The molecule has 0 saturated carbocycles. The summed E-state index contributed by atoms with van der Waals surface area (Å²) in [6.07, 6.45) is 3.09. The number of aromatic nitrogens is 2. The number of amides is 1. The van der Waals surface area contributed by atoms with Crippen molar-refractivity contribution < 1.29 is 15.0 Å². The van der Waals surface area contributed by atoms with Gasteiger partial charge in [0.25, 0.3) is 0 Å². The van der Waals surface area contributed by atoms with Crippen LogP contribution in [0.1, 0.15) is 58.9 Å². The Balaban J connectivity index is 0.00000385. The number of nitrogens with zero attached hydrogens (tertiary/aromatic N) is 3. The SMILES string of the molecule is CCC(O)CCC(O)CN1CCC(CNC(=O)n2c(=O)n(C(C)C)c3ccccc32)CC1.Cl. The molecule has 0 spiro atoms. The monoisotopic (exact) mass is 482 g/mol. The van der Waals surface area contributed by atoms with Crippen molar-refractivity contribution >= 4 is 29.5 Å². The summed E-state index contributed by atoms with van der Waals surface area (Å²) in [5, 5.41) is 22.8. The molecule has 0 aliphatic carbocycles. The second kappa shape index (κ2) is 12.6. The van der Waals surface area contributed by atoms with Gasteiger partial charge in [-0.3, -0.25) is 4.57 Å². The Morgan fingerprint density at radius 1 is 1.09 bits per heavy atom. The molecule has 3 rings (SSSR count). The number of hydrogen-bond donors (Lipinski definition) is 3. The number of rotatable bonds is 9.